The summed E-state index contributed by atoms with van der Waals surface area (Å²) in [7, 11) is 2.03. The second kappa shape index (κ2) is 6.24. The third-order valence-electron chi connectivity index (χ3n) is 3.52. The van der Waals surface area contributed by atoms with Crippen LogP contribution in [0.4, 0.5) is 0 Å². The Bertz CT molecular complexity index is 421. The molecule has 1 aliphatic rings. The maximum absolute atomic E-state index is 12.3. The van der Waals surface area contributed by atoms with E-state index in [4.69, 9.17) is 0 Å². The van der Waals surface area contributed by atoms with Gasteiger partial charge in [-0.15, -0.1) is 0 Å². The molecule has 1 fully saturated rings. The molecule has 1 heterocycles. The first-order valence-corrected chi connectivity index (χ1v) is 7.18. The number of nitrogens with one attached hydrogen (secondary N) is 1. The van der Waals surface area contributed by atoms with Gasteiger partial charge >= 0.3 is 0 Å². The minimum atomic E-state index is 0.226. The van der Waals surface area contributed by atoms with Crippen LogP contribution in [0.15, 0.2) is 18.3 Å². The Morgan fingerprint density at radius 2 is 2.26 bits per heavy atom. The molecule has 106 valence electrons. The van der Waals surface area contributed by atoms with Gasteiger partial charge in [0.2, 0.25) is 5.91 Å². The Labute approximate surface area is 115 Å². The Morgan fingerprint density at radius 1 is 1.53 bits per heavy atom. The van der Waals surface area contributed by atoms with Crippen molar-refractivity contribution < 1.29 is 4.79 Å². The van der Waals surface area contributed by atoms with Crippen molar-refractivity contribution in [2.75, 3.05) is 13.1 Å². The van der Waals surface area contributed by atoms with Crippen LogP contribution in [-0.2, 0) is 18.4 Å². The first-order chi connectivity index (χ1) is 9.08. The van der Waals surface area contributed by atoms with Crippen LogP contribution >= 0.6 is 0 Å². The highest BCUT2D eigenvalue weighted by Crippen LogP contribution is 2.28. The van der Waals surface area contributed by atoms with Crippen molar-refractivity contribution in [2.45, 2.75) is 39.3 Å². The molecule has 19 heavy (non-hydrogen) atoms. The zero-order valence-corrected chi connectivity index (χ0v) is 12.2. The van der Waals surface area contributed by atoms with E-state index in [0.717, 1.165) is 25.9 Å². The summed E-state index contributed by atoms with van der Waals surface area (Å²) in [6, 6.07) is 4.58. The van der Waals surface area contributed by atoms with Gasteiger partial charge < -0.3 is 14.8 Å². The van der Waals surface area contributed by atoms with E-state index in [1.165, 1.54) is 5.69 Å². The number of hydrogen-bond donors (Lipinski definition) is 1. The molecule has 0 aliphatic heterocycles. The molecule has 2 rings (SSSR count). The van der Waals surface area contributed by atoms with Crippen molar-refractivity contribution in [1.29, 1.82) is 0 Å². The topological polar surface area (TPSA) is 37.3 Å². The minimum absolute atomic E-state index is 0.226. The van der Waals surface area contributed by atoms with E-state index in [2.05, 4.69) is 29.8 Å². The number of amides is 1. The number of aryl methyl sites for hydroxylation is 1. The van der Waals surface area contributed by atoms with E-state index in [0.29, 0.717) is 18.5 Å². The molecular formula is C15H25N3O. The van der Waals surface area contributed by atoms with Crippen LogP contribution < -0.4 is 5.32 Å². The van der Waals surface area contributed by atoms with Crippen LogP contribution in [0.3, 0.4) is 0 Å². The van der Waals surface area contributed by atoms with Crippen molar-refractivity contribution in [3.8, 4) is 0 Å². The zero-order valence-electron chi connectivity index (χ0n) is 12.2. The summed E-state index contributed by atoms with van der Waals surface area (Å²) in [6.07, 6.45) is 4.34. The Balaban J connectivity index is 1.89. The molecule has 4 nitrogen and oxygen atoms in total. The summed E-state index contributed by atoms with van der Waals surface area (Å²) in [4.78, 5) is 14.3. The normalized spacial score (nSPS) is 14.9. The molecule has 0 bridgehead atoms. The van der Waals surface area contributed by atoms with Crippen molar-refractivity contribution in [2.24, 2.45) is 13.0 Å². The van der Waals surface area contributed by atoms with Crippen LogP contribution in [0.1, 0.15) is 32.4 Å². The highest BCUT2D eigenvalue weighted by atomic mass is 16.2. The third-order valence-corrected chi connectivity index (χ3v) is 3.52. The predicted octanol–water partition coefficient (Wildman–Crippen LogP) is 1.76. The van der Waals surface area contributed by atoms with Gasteiger partial charge in [0.15, 0.2) is 0 Å². The zero-order chi connectivity index (χ0) is 13.8. The van der Waals surface area contributed by atoms with Crippen molar-refractivity contribution in [1.82, 2.24) is 14.8 Å². The highest BCUT2D eigenvalue weighted by Gasteiger charge is 2.32. The van der Waals surface area contributed by atoms with Crippen LogP contribution in [0.5, 0.6) is 0 Å². The monoisotopic (exact) mass is 263 g/mol. The van der Waals surface area contributed by atoms with E-state index < -0.39 is 0 Å². The lowest BCUT2D eigenvalue weighted by molar-refractivity contribution is -0.131. The molecule has 1 amide bonds. The largest absolute Gasteiger partial charge is 0.353 e. The first-order valence-electron chi connectivity index (χ1n) is 7.18. The molecule has 0 spiro atoms. The molecule has 1 N–H and O–H groups in total. The summed E-state index contributed by atoms with van der Waals surface area (Å²) in [5.74, 6) is 0.805. The van der Waals surface area contributed by atoms with Gasteiger partial charge in [-0.3, -0.25) is 4.79 Å². The van der Waals surface area contributed by atoms with Gasteiger partial charge in [-0.25, -0.2) is 0 Å². The SMILES string of the molecule is CC(C)CNCC(=O)N(Cc1cccn1C)C1CC1. The van der Waals surface area contributed by atoms with Crippen LogP contribution in [-0.4, -0.2) is 34.5 Å². The Hall–Kier alpha value is -1.29. The third kappa shape index (κ3) is 4.10. The fraction of sp³-hybridized carbons (Fsp3) is 0.667. The van der Waals surface area contributed by atoms with Gasteiger partial charge in [-0.05, 0) is 37.4 Å². The molecular weight excluding hydrogens is 238 g/mol. The Morgan fingerprint density at radius 3 is 2.79 bits per heavy atom. The molecule has 1 aliphatic carbocycles. The van der Waals surface area contributed by atoms with E-state index in [-0.39, 0.29) is 5.91 Å². The van der Waals surface area contributed by atoms with E-state index in [9.17, 15) is 4.79 Å². The van der Waals surface area contributed by atoms with Gasteiger partial charge in [-0.2, -0.15) is 0 Å². The van der Waals surface area contributed by atoms with Gasteiger partial charge in [0.25, 0.3) is 0 Å². The molecule has 0 unspecified atom stereocenters. The molecule has 0 aromatic carbocycles. The second-order valence-electron chi connectivity index (χ2n) is 5.89. The number of hydrogen-bond acceptors (Lipinski definition) is 2. The Kier molecular flexibility index (Phi) is 4.64. The van der Waals surface area contributed by atoms with E-state index in [1.54, 1.807) is 0 Å². The quantitative estimate of drug-likeness (QED) is 0.814. The van der Waals surface area contributed by atoms with E-state index in [1.807, 2.05) is 24.2 Å². The average Bonchev–Trinajstić information content (AvgIpc) is 3.10. The highest BCUT2D eigenvalue weighted by molar-refractivity contribution is 5.78. The maximum atomic E-state index is 12.3. The number of carbonyl (C=O) groups excluding carboxylic acids is 1. The van der Waals surface area contributed by atoms with Gasteiger partial charge in [-0.1, -0.05) is 13.8 Å². The van der Waals surface area contributed by atoms with Crippen LogP contribution in [0, 0.1) is 5.92 Å². The van der Waals surface area contributed by atoms with Gasteiger partial charge in [0, 0.05) is 25.0 Å². The summed E-state index contributed by atoms with van der Waals surface area (Å²) in [6.45, 7) is 6.39. The summed E-state index contributed by atoms with van der Waals surface area (Å²) in [5, 5.41) is 3.24. The molecule has 1 saturated carbocycles. The van der Waals surface area contributed by atoms with E-state index >= 15 is 0 Å². The predicted molar refractivity (Wildman–Crippen MR) is 76.7 cm³/mol. The lowest BCUT2D eigenvalue weighted by Crippen LogP contribution is -2.40. The van der Waals surface area contributed by atoms with Gasteiger partial charge in [0.05, 0.1) is 13.1 Å². The smallest absolute Gasteiger partial charge is 0.237 e. The number of nitrogens with zero attached hydrogens (tertiary/aromatic N) is 2. The fourth-order valence-corrected chi connectivity index (χ4v) is 2.21. The average molecular weight is 263 g/mol. The van der Waals surface area contributed by atoms with Crippen molar-refractivity contribution in [3.63, 3.8) is 0 Å². The van der Waals surface area contributed by atoms with Crippen LogP contribution in [0.25, 0.3) is 0 Å². The van der Waals surface area contributed by atoms with Crippen molar-refractivity contribution >= 4 is 5.91 Å². The number of rotatable bonds is 7. The van der Waals surface area contributed by atoms with Gasteiger partial charge in [0.1, 0.15) is 0 Å². The minimum Gasteiger partial charge on any atom is -0.353 e. The molecule has 4 heteroatoms. The summed E-state index contributed by atoms with van der Waals surface area (Å²) in [5.41, 5.74) is 1.20. The number of aromatic nitrogens is 1. The summed E-state index contributed by atoms with van der Waals surface area (Å²) >= 11 is 0. The second-order valence-corrected chi connectivity index (χ2v) is 5.89. The number of carbonyl (C=O) groups is 1. The lowest BCUT2D eigenvalue weighted by atomic mass is 10.2. The summed E-state index contributed by atoms with van der Waals surface area (Å²) < 4.78 is 2.09. The fourth-order valence-electron chi connectivity index (χ4n) is 2.21. The van der Waals surface area contributed by atoms with Crippen molar-refractivity contribution in [3.05, 3.63) is 24.0 Å². The molecule has 1 aromatic rings. The standard InChI is InChI=1S/C15H25N3O/c1-12(2)9-16-10-15(19)18(13-6-7-13)11-14-5-4-8-17(14)3/h4-5,8,12-13,16H,6-7,9-11H2,1-3H3. The molecule has 0 radical (unpaired) electrons. The lowest BCUT2D eigenvalue weighted by Gasteiger charge is -2.23. The molecule has 1 aromatic heterocycles. The molecule has 0 saturated heterocycles. The molecule has 0 atom stereocenters. The maximum Gasteiger partial charge on any atom is 0.237 e. The van der Waals surface area contributed by atoms with Crippen LogP contribution in [0.2, 0.25) is 0 Å². The first kappa shape index (κ1) is 14.1.